The van der Waals surface area contributed by atoms with Gasteiger partial charge in [0.25, 0.3) is 5.91 Å². The van der Waals surface area contributed by atoms with Gasteiger partial charge >= 0.3 is 0 Å². The van der Waals surface area contributed by atoms with Crippen molar-refractivity contribution in [2.45, 2.75) is 26.7 Å². The highest BCUT2D eigenvalue weighted by Gasteiger charge is 2.23. The molecule has 1 saturated heterocycles. The van der Waals surface area contributed by atoms with Crippen LogP contribution < -0.4 is 14.4 Å². The number of aromatic nitrogens is 2. The first-order chi connectivity index (χ1) is 16.4. The lowest BCUT2D eigenvalue weighted by molar-refractivity contribution is -0.133. The lowest BCUT2D eigenvalue weighted by atomic mass is 10.0. The molecule has 0 N–H and O–H groups in total. The second-order valence-electron chi connectivity index (χ2n) is 8.86. The summed E-state index contributed by atoms with van der Waals surface area (Å²) in [6.07, 6.45) is 0. The number of hydrogen-bond donors (Lipinski definition) is 0. The number of methoxy groups -OCH3 is 1. The number of ether oxygens (including phenoxy) is 2. The quantitative estimate of drug-likeness (QED) is 0.523. The van der Waals surface area contributed by atoms with E-state index >= 15 is 0 Å². The van der Waals surface area contributed by atoms with Gasteiger partial charge in [0.05, 0.1) is 12.8 Å². The zero-order chi connectivity index (χ0) is 24.1. The molecule has 0 aliphatic carbocycles. The number of rotatable bonds is 7. The van der Waals surface area contributed by atoms with Crippen LogP contribution in [0.25, 0.3) is 11.3 Å². The van der Waals surface area contributed by atoms with Crippen LogP contribution in [0.2, 0.25) is 0 Å². The fraction of sp³-hybridized carbons (Fsp3) is 0.370. The Bertz CT molecular complexity index is 1120. The minimum absolute atomic E-state index is 0.00955. The van der Waals surface area contributed by atoms with Crippen LogP contribution in [0.4, 0.5) is 5.82 Å². The van der Waals surface area contributed by atoms with E-state index in [0.29, 0.717) is 32.1 Å². The van der Waals surface area contributed by atoms with E-state index in [1.165, 1.54) is 0 Å². The summed E-state index contributed by atoms with van der Waals surface area (Å²) < 4.78 is 11.2. The monoisotopic (exact) mass is 460 g/mol. The van der Waals surface area contributed by atoms with Crippen molar-refractivity contribution in [1.82, 2.24) is 15.1 Å². The molecular weight excluding hydrogens is 428 g/mol. The fourth-order valence-electron chi connectivity index (χ4n) is 4.09. The molecule has 1 aromatic heterocycles. The van der Waals surface area contributed by atoms with Gasteiger partial charge < -0.3 is 19.3 Å². The van der Waals surface area contributed by atoms with E-state index in [1.54, 1.807) is 7.11 Å². The molecule has 0 radical (unpaired) electrons. The van der Waals surface area contributed by atoms with Crippen molar-refractivity contribution in [1.29, 1.82) is 0 Å². The molecule has 7 heteroatoms. The third-order valence-electron chi connectivity index (χ3n) is 6.11. The molecule has 2 heterocycles. The minimum atomic E-state index is 0.00955. The maximum Gasteiger partial charge on any atom is 0.260 e. The van der Waals surface area contributed by atoms with Gasteiger partial charge in [0.15, 0.2) is 12.4 Å². The number of amides is 1. The van der Waals surface area contributed by atoms with Gasteiger partial charge in [-0.1, -0.05) is 38.1 Å². The molecule has 2 aromatic carbocycles. The highest BCUT2D eigenvalue weighted by molar-refractivity contribution is 5.78. The Labute approximate surface area is 201 Å². The van der Waals surface area contributed by atoms with Crippen LogP contribution >= 0.6 is 0 Å². The van der Waals surface area contributed by atoms with Crippen molar-refractivity contribution >= 4 is 11.7 Å². The van der Waals surface area contributed by atoms with E-state index in [4.69, 9.17) is 9.47 Å². The Morgan fingerprint density at radius 2 is 1.79 bits per heavy atom. The van der Waals surface area contributed by atoms with E-state index in [1.807, 2.05) is 54.3 Å². The van der Waals surface area contributed by atoms with Crippen molar-refractivity contribution in [3.63, 3.8) is 0 Å². The Hall–Kier alpha value is -3.61. The van der Waals surface area contributed by atoms with Gasteiger partial charge in [-0.15, -0.1) is 10.2 Å². The molecule has 34 heavy (non-hydrogen) atoms. The van der Waals surface area contributed by atoms with Crippen LogP contribution in [0.1, 0.15) is 30.9 Å². The third kappa shape index (κ3) is 5.47. The van der Waals surface area contributed by atoms with Crippen LogP contribution in [0.15, 0.2) is 54.6 Å². The zero-order valence-electron chi connectivity index (χ0n) is 20.3. The van der Waals surface area contributed by atoms with Gasteiger partial charge in [-0.3, -0.25) is 4.79 Å². The summed E-state index contributed by atoms with van der Waals surface area (Å²) in [5.41, 5.74) is 4.01. The standard InChI is InChI=1S/C27H32N4O3/c1-19(2)23-9-8-20(3)16-25(23)34-18-27(32)31-14-12-30(13-15-31)26-11-10-24(28-29-26)21-6-5-7-22(17-21)33-4/h5-11,16-17,19H,12-15,18H2,1-4H3. The topological polar surface area (TPSA) is 67.8 Å². The second-order valence-corrected chi connectivity index (χ2v) is 8.86. The van der Waals surface area contributed by atoms with E-state index in [2.05, 4.69) is 41.1 Å². The number of benzene rings is 2. The molecular formula is C27H32N4O3. The van der Waals surface area contributed by atoms with Crippen LogP contribution in [-0.2, 0) is 4.79 Å². The lowest BCUT2D eigenvalue weighted by Crippen LogP contribution is -2.50. The van der Waals surface area contributed by atoms with Gasteiger partial charge in [0, 0.05) is 31.7 Å². The molecule has 7 nitrogen and oxygen atoms in total. The number of nitrogens with zero attached hydrogens (tertiary/aromatic N) is 4. The molecule has 0 bridgehead atoms. The highest BCUT2D eigenvalue weighted by Crippen LogP contribution is 2.28. The normalized spacial score (nSPS) is 13.8. The maximum atomic E-state index is 12.8. The second kappa shape index (κ2) is 10.5. The SMILES string of the molecule is COc1cccc(-c2ccc(N3CCN(C(=O)COc4cc(C)ccc4C(C)C)CC3)nn2)c1. The van der Waals surface area contributed by atoms with Crippen LogP contribution in [-0.4, -0.2) is 60.9 Å². The van der Waals surface area contributed by atoms with Gasteiger partial charge in [-0.05, 0) is 54.3 Å². The number of aryl methyl sites for hydroxylation is 1. The molecule has 0 spiro atoms. The summed E-state index contributed by atoms with van der Waals surface area (Å²) in [6.45, 7) is 9.03. The van der Waals surface area contributed by atoms with Gasteiger partial charge in [-0.25, -0.2) is 0 Å². The average Bonchev–Trinajstić information content (AvgIpc) is 2.87. The smallest absolute Gasteiger partial charge is 0.260 e. The van der Waals surface area contributed by atoms with E-state index < -0.39 is 0 Å². The molecule has 1 fully saturated rings. The average molecular weight is 461 g/mol. The Morgan fingerprint density at radius 1 is 1.00 bits per heavy atom. The minimum Gasteiger partial charge on any atom is -0.497 e. The molecule has 1 amide bonds. The molecule has 0 unspecified atom stereocenters. The van der Waals surface area contributed by atoms with Crippen molar-refractivity contribution in [3.05, 3.63) is 65.7 Å². The number of anilines is 1. The summed E-state index contributed by atoms with van der Waals surface area (Å²) in [5.74, 6) is 2.75. The molecule has 0 atom stereocenters. The van der Waals surface area contributed by atoms with Crippen molar-refractivity contribution in [2.24, 2.45) is 0 Å². The summed E-state index contributed by atoms with van der Waals surface area (Å²) in [6, 6.07) is 17.9. The fourth-order valence-corrected chi connectivity index (χ4v) is 4.09. The first-order valence-corrected chi connectivity index (χ1v) is 11.7. The zero-order valence-corrected chi connectivity index (χ0v) is 20.3. The molecule has 3 aromatic rings. The van der Waals surface area contributed by atoms with Crippen LogP contribution in [0.5, 0.6) is 11.5 Å². The summed E-state index contributed by atoms with van der Waals surface area (Å²) in [7, 11) is 1.65. The predicted molar refractivity (Wildman–Crippen MR) is 134 cm³/mol. The Balaban J connectivity index is 1.32. The summed E-state index contributed by atoms with van der Waals surface area (Å²) in [5, 5.41) is 8.82. The summed E-state index contributed by atoms with van der Waals surface area (Å²) >= 11 is 0. The summed E-state index contributed by atoms with van der Waals surface area (Å²) in [4.78, 5) is 16.8. The first-order valence-electron chi connectivity index (χ1n) is 11.7. The Morgan fingerprint density at radius 3 is 2.47 bits per heavy atom. The maximum absolute atomic E-state index is 12.8. The third-order valence-corrected chi connectivity index (χ3v) is 6.11. The van der Waals surface area contributed by atoms with Gasteiger partial charge in [0.2, 0.25) is 0 Å². The van der Waals surface area contributed by atoms with Gasteiger partial charge in [0.1, 0.15) is 11.5 Å². The van der Waals surface area contributed by atoms with E-state index in [9.17, 15) is 4.79 Å². The van der Waals surface area contributed by atoms with E-state index in [0.717, 1.165) is 39.7 Å². The number of hydrogen-bond acceptors (Lipinski definition) is 6. The number of carbonyl (C=O) groups excluding carboxylic acids is 1. The molecule has 0 saturated carbocycles. The molecule has 178 valence electrons. The van der Waals surface area contributed by atoms with E-state index in [-0.39, 0.29) is 12.5 Å². The molecule has 4 rings (SSSR count). The number of carbonyl (C=O) groups is 1. The largest absolute Gasteiger partial charge is 0.497 e. The first kappa shape index (κ1) is 23.5. The highest BCUT2D eigenvalue weighted by atomic mass is 16.5. The Kier molecular flexibility index (Phi) is 7.30. The molecule has 1 aliphatic rings. The van der Waals surface area contributed by atoms with Crippen molar-refractivity contribution < 1.29 is 14.3 Å². The van der Waals surface area contributed by atoms with Crippen molar-refractivity contribution in [3.8, 4) is 22.8 Å². The number of piperazine rings is 1. The lowest BCUT2D eigenvalue weighted by Gasteiger charge is -2.35. The van der Waals surface area contributed by atoms with Crippen molar-refractivity contribution in [2.75, 3.05) is 44.8 Å². The molecule has 1 aliphatic heterocycles. The van der Waals surface area contributed by atoms with Crippen LogP contribution in [0.3, 0.4) is 0 Å². The van der Waals surface area contributed by atoms with Crippen LogP contribution in [0, 0.1) is 6.92 Å². The predicted octanol–water partition coefficient (Wildman–Crippen LogP) is 4.31. The van der Waals surface area contributed by atoms with Gasteiger partial charge in [-0.2, -0.15) is 0 Å².